The molecule has 1 aliphatic rings. The van der Waals surface area contributed by atoms with Crippen LogP contribution in [0.25, 0.3) is 0 Å². The van der Waals surface area contributed by atoms with Crippen LogP contribution in [-0.4, -0.2) is 34.7 Å². The number of nitrogens with one attached hydrogen (secondary N) is 1. The Kier molecular flexibility index (Phi) is 6.48. The van der Waals surface area contributed by atoms with E-state index in [-0.39, 0.29) is 11.7 Å². The molecule has 4 rings (SSSR count). The maximum Gasteiger partial charge on any atom is 0.225 e. The Bertz CT molecular complexity index is 1030. The molecule has 31 heavy (non-hydrogen) atoms. The maximum absolute atomic E-state index is 13.3. The van der Waals surface area contributed by atoms with Gasteiger partial charge in [-0.15, -0.1) is 0 Å². The van der Waals surface area contributed by atoms with E-state index in [0.717, 1.165) is 11.3 Å². The molecule has 2 atom stereocenters. The first-order valence-corrected chi connectivity index (χ1v) is 10.3. The molecule has 2 aromatic carbocycles. The van der Waals surface area contributed by atoms with Crippen LogP contribution in [0.4, 0.5) is 4.39 Å². The van der Waals surface area contributed by atoms with Crippen molar-refractivity contribution in [3.8, 4) is 0 Å². The molecule has 1 N–H and O–H groups in total. The molecule has 6 heteroatoms. The summed E-state index contributed by atoms with van der Waals surface area (Å²) < 4.78 is 13.3. The molecule has 0 spiro atoms. The van der Waals surface area contributed by atoms with Crippen LogP contribution in [-0.2, 0) is 17.9 Å². The van der Waals surface area contributed by atoms with Crippen LogP contribution in [0.1, 0.15) is 21.6 Å². The molecule has 0 unspecified atom stereocenters. The number of nitrogens with zero attached hydrogens (tertiary/aromatic N) is 2. The molecule has 1 aromatic heterocycles. The van der Waals surface area contributed by atoms with Gasteiger partial charge in [0.1, 0.15) is 5.82 Å². The smallest absolute Gasteiger partial charge is 0.225 e. The molecule has 0 saturated carbocycles. The largest absolute Gasteiger partial charge is 0.350 e. The number of hydrogen-bond donors (Lipinski definition) is 1. The van der Waals surface area contributed by atoms with Crippen LogP contribution in [0.15, 0.2) is 79.0 Å². The van der Waals surface area contributed by atoms with Gasteiger partial charge in [0.25, 0.3) is 0 Å². The molecular formula is C25H24FN3O2. The van der Waals surface area contributed by atoms with Crippen LogP contribution in [0.5, 0.6) is 0 Å². The fourth-order valence-corrected chi connectivity index (χ4v) is 4.03. The normalized spacial score (nSPS) is 18.6. The molecule has 2 heterocycles. The third kappa shape index (κ3) is 5.22. The fourth-order valence-electron chi connectivity index (χ4n) is 4.03. The van der Waals surface area contributed by atoms with Crippen molar-refractivity contribution in [2.45, 2.75) is 13.1 Å². The van der Waals surface area contributed by atoms with Crippen molar-refractivity contribution < 1.29 is 14.0 Å². The highest BCUT2D eigenvalue weighted by Gasteiger charge is 2.41. The monoisotopic (exact) mass is 417 g/mol. The van der Waals surface area contributed by atoms with Crippen LogP contribution < -0.4 is 5.32 Å². The Morgan fingerprint density at radius 3 is 2.35 bits per heavy atom. The molecule has 1 saturated heterocycles. The molecule has 1 amide bonds. The molecule has 0 radical (unpaired) electrons. The van der Waals surface area contributed by atoms with Gasteiger partial charge in [0, 0.05) is 37.3 Å². The lowest BCUT2D eigenvalue weighted by atomic mass is 9.88. The van der Waals surface area contributed by atoms with Crippen molar-refractivity contribution in [2.24, 2.45) is 11.8 Å². The SMILES string of the molecule is O=C(NCc1ccccn1)[C@@H]1CN(Cc2ccccc2)C[C@H]1C(=O)c1ccc(F)cc1. The highest BCUT2D eigenvalue weighted by Crippen LogP contribution is 2.29. The molecule has 3 aromatic rings. The zero-order valence-electron chi connectivity index (χ0n) is 17.1. The van der Waals surface area contributed by atoms with Crippen LogP contribution in [0, 0.1) is 17.7 Å². The third-order valence-corrected chi connectivity index (χ3v) is 5.62. The number of halogens is 1. The number of rotatable bonds is 7. The minimum atomic E-state index is -0.488. The van der Waals surface area contributed by atoms with Crippen molar-refractivity contribution in [3.05, 3.63) is 102 Å². The van der Waals surface area contributed by atoms with Gasteiger partial charge in [-0.25, -0.2) is 4.39 Å². The second-order valence-electron chi connectivity index (χ2n) is 7.80. The average molecular weight is 417 g/mol. The van der Waals surface area contributed by atoms with E-state index in [1.807, 2.05) is 48.5 Å². The van der Waals surface area contributed by atoms with Gasteiger partial charge in [-0.1, -0.05) is 36.4 Å². The summed E-state index contributed by atoms with van der Waals surface area (Å²) in [4.78, 5) is 32.6. The van der Waals surface area contributed by atoms with Gasteiger partial charge in [-0.3, -0.25) is 19.5 Å². The topological polar surface area (TPSA) is 62.3 Å². The van der Waals surface area contributed by atoms with E-state index in [0.29, 0.717) is 31.7 Å². The van der Waals surface area contributed by atoms with E-state index in [4.69, 9.17) is 0 Å². The summed E-state index contributed by atoms with van der Waals surface area (Å²) in [6.07, 6.45) is 1.68. The van der Waals surface area contributed by atoms with Gasteiger partial charge in [0.2, 0.25) is 5.91 Å². The van der Waals surface area contributed by atoms with Gasteiger partial charge in [-0.05, 0) is 42.0 Å². The molecule has 0 bridgehead atoms. The third-order valence-electron chi connectivity index (χ3n) is 5.62. The number of likely N-dealkylation sites (tertiary alicyclic amines) is 1. The van der Waals surface area contributed by atoms with Gasteiger partial charge >= 0.3 is 0 Å². The lowest BCUT2D eigenvalue weighted by molar-refractivity contribution is -0.125. The van der Waals surface area contributed by atoms with Crippen LogP contribution in [0.3, 0.4) is 0 Å². The first kappa shape index (κ1) is 20.9. The molecular weight excluding hydrogens is 393 g/mol. The summed E-state index contributed by atoms with van der Waals surface area (Å²) in [5.74, 6) is -1.66. The van der Waals surface area contributed by atoms with Gasteiger partial charge < -0.3 is 5.32 Å². The number of benzene rings is 2. The summed E-state index contributed by atoms with van der Waals surface area (Å²) in [5, 5.41) is 2.93. The number of Topliss-reactive ketones (excluding diaryl/α,β-unsaturated/α-hetero) is 1. The summed E-state index contributed by atoms with van der Waals surface area (Å²) in [5.41, 5.74) is 2.32. The molecule has 1 aliphatic heterocycles. The Hall–Kier alpha value is -3.38. The maximum atomic E-state index is 13.3. The van der Waals surface area contributed by atoms with Crippen molar-refractivity contribution >= 4 is 11.7 Å². The van der Waals surface area contributed by atoms with E-state index >= 15 is 0 Å². The standard InChI is InChI=1S/C25H24FN3O2/c26-20-11-9-19(10-12-20)24(30)22-16-29(15-18-6-2-1-3-7-18)17-23(22)25(31)28-14-21-8-4-5-13-27-21/h1-13,22-23H,14-17H2,(H,28,31)/t22-,23-/m1/s1. The van der Waals surface area contributed by atoms with Gasteiger partial charge in [0.15, 0.2) is 5.78 Å². The van der Waals surface area contributed by atoms with Crippen molar-refractivity contribution in [3.63, 3.8) is 0 Å². The first-order chi connectivity index (χ1) is 15.1. The Balaban J connectivity index is 1.50. The number of carbonyl (C=O) groups is 2. The highest BCUT2D eigenvalue weighted by atomic mass is 19.1. The molecule has 0 aliphatic carbocycles. The Labute approximate surface area is 180 Å². The number of carbonyl (C=O) groups excluding carboxylic acids is 2. The van der Waals surface area contributed by atoms with E-state index in [2.05, 4.69) is 15.2 Å². The minimum absolute atomic E-state index is 0.131. The first-order valence-electron chi connectivity index (χ1n) is 10.3. The number of amides is 1. The summed E-state index contributed by atoms with van der Waals surface area (Å²) in [6, 6.07) is 21.0. The lowest BCUT2D eigenvalue weighted by Crippen LogP contribution is -2.37. The quantitative estimate of drug-likeness (QED) is 0.598. The zero-order valence-corrected chi connectivity index (χ0v) is 17.1. The Morgan fingerprint density at radius 1 is 0.935 bits per heavy atom. The van der Waals surface area contributed by atoms with E-state index in [9.17, 15) is 14.0 Å². The summed E-state index contributed by atoms with van der Waals surface area (Å²) in [6.45, 7) is 1.94. The molecule has 1 fully saturated rings. The number of aromatic nitrogens is 1. The van der Waals surface area contributed by atoms with Crippen LogP contribution >= 0.6 is 0 Å². The van der Waals surface area contributed by atoms with Crippen molar-refractivity contribution in [1.29, 1.82) is 0 Å². The second-order valence-corrected chi connectivity index (χ2v) is 7.80. The van der Waals surface area contributed by atoms with Crippen LogP contribution in [0.2, 0.25) is 0 Å². The van der Waals surface area contributed by atoms with Crippen molar-refractivity contribution in [1.82, 2.24) is 15.2 Å². The van der Waals surface area contributed by atoms with E-state index in [1.165, 1.54) is 24.3 Å². The number of hydrogen-bond acceptors (Lipinski definition) is 4. The minimum Gasteiger partial charge on any atom is -0.350 e. The molecule has 158 valence electrons. The number of ketones is 1. The predicted molar refractivity (Wildman–Crippen MR) is 116 cm³/mol. The lowest BCUT2D eigenvalue weighted by Gasteiger charge is -2.17. The average Bonchev–Trinajstić information content (AvgIpc) is 3.22. The summed E-state index contributed by atoms with van der Waals surface area (Å²) in [7, 11) is 0. The van der Waals surface area contributed by atoms with Crippen molar-refractivity contribution in [2.75, 3.05) is 13.1 Å². The predicted octanol–water partition coefficient (Wildman–Crippen LogP) is 3.47. The molecule has 5 nitrogen and oxygen atoms in total. The van der Waals surface area contributed by atoms with Gasteiger partial charge in [0.05, 0.1) is 18.2 Å². The second kappa shape index (κ2) is 9.62. The summed E-state index contributed by atoms with van der Waals surface area (Å²) >= 11 is 0. The van der Waals surface area contributed by atoms with E-state index < -0.39 is 17.7 Å². The Morgan fingerprint density at radius 2 is 1.65 bits per heavy atom. The number of pyridine rings is 1. The zero-order chi connectivity index (χ0) is 21.6. The van der Waals surface area contributed by atoms with Gasteiger partial charge in [-0.2, -0.15) is 0 Å². The highest BCUT2D eigenvalue weighted by molar-refractivity contribution is 6.01. The van der Waals surface area contributed by atoms with E-state index in [1.54, 1.807) is 6.20 Å². The fraction of sp³-hybridized carbons (Fsp3) is 0.240.